The van der Waals surface area contributed by atoms with Gasteiger partial charge in [0.1, 0.15) is 0 Å². The van der Waals surface area contributed by atoms with Crippen molar-refractivity contribution in [2.45, 2.75) is 6.92 Å². The molecule has 0 aliphatic carbocycles. The maximum atomic E-state index is 3.95. The summed E-state index contributed by atoms with van der Waals surface area (Å²) in [6, 6.07) is 3.95. The largest absolute Gasteiger partial charge is 0.264 e. The first kappa shape index (κ1) is 6.02. The van der Waals surface area contributed by atoms with Gasteiger partial charge in [-0.15, -0.1) is 0 Å². The molecule has 0 aliphatic rings. The lowest BCUT2D eigenvalue weighted by Crippen LogP contribution is -1.71. The minimum atomic E-state index is 1.15. The molecule has 46 valence electrons. The van der Waals surface area contributed by atoms with Gasteiger partial charge in [-0.1, -0.05) is 18.2 Å². The van der Waals surface area contributed by atoms with Gasteiger partial charge in [0.15, 0.2) is 0 Å². The number of rotatable bonds is 1. The van der Waals surface area contributed by atoms with Crippen molar-refractivity contribution in [2.75, 3.05) is 0 Å². The molecular weight excluding hydrogens is 110 g/mol. The first-order valence-electron chi connectivity index (χ1n) is 2.96. The minimum absolute atomic E-state index is 1.15. The van der Waals surface area contributed by atoms with Gasteiger partial charge in [-0.25, -0.2) is 0 Å². The quantitative estimate of drug-likeness (QED) is 0.551. The van der Waals surface area contributed by atoms with Gasteiger partial charge < -0.3 is 0 Å². The highest BCUT2D eigenvalue weighted by Crippen LogP contribution is 1.96. The van der Waals surface area contributed by atoms with E-state index in [4.69, 9.17) is 0 Å². The molecule has 0 radical (unpaired) electrons. The maximum Gasteiger partial charge on any atom is 0.0340 e. The normalized spacial score (nSPS) is 10.3. The summed E-state index contributed by atoms with van der Waals surface area (Å²) >= 11 is 0. The number of hydrogen-bond donors (Lipinski definition) is 0. The van der Waals surface area contributed by atoms with E-state index in [9.17, 15) is 0 Å². The third-order valence-corrected chi connectivity index (χ3v) is 1.04. The van der Waals surface area contributed by atoms with E-state index in [1.165, 1.54) is 0 Å². The van der Waals surface area contributed by atoms with E-state index in [1.807, 2.05) is 37.4 Å². The number of aromatic nitrogens is 1. The van der Waals surface area contributed by atoms with E-state index >= 15 is 0 Å². The highest BCUT2D eigenvalue weighted by molar-refractivity contribution is 5.46. The Labute approximate surface area is 55.1 Å². The monoisotopic (exact) mass is 119 g/mol. The van der Waals surface area contributed by atoms with Crippen molar-refractivity contribution in [3.8, 4) is 0 Å². The van der Waals surface area contributed by atoms with E-state index in [1.54, 1.807) is 6.20 Å². The predicted molar refractivity (Wildman–Crippen MR) is 38.9 cm³/mol. The van der Waals surface area contributed by atoms with E-state index in [2.05, 4.69) is 4.98 Å². The molecular formula is C8H9N. The summed E-state index contributed by atoms with van der Waals surface area (Å²) in [4.78, 5) is 3.95. The van der Waals surface area contributed by atoms with Crippen LogP contribution < -0.4 is 0 Å². The Kier molecular flexibility index (Phi) is 2.02. The molecule has 1 heteroatoms. The van der Waals surface area contributed by atoms with Crippen molar-refractivity contribution in [1.82, 2.24) is 4.98 Å². The zero-order valence-corrected chi connectivity index (χ0v) is 5.41. The van der Waals surface area contributed by atoms with Crippen LogP contribution in [0.25, 0.3) is 6.08 Å². The third-order valence-electron chi connectivity index (χ3n) is 1.04. The molecule has 0 spiro atoms. The standard InChI is InChI=1S/C8H9N/c1-2-4-8-5-3-6-9-7-8/h2-7H,1H3. The van der Waals surface area contributed by atoms with Crippen LogP contribution in [0.1, 0.15) is 12.5 Å². The van der Waals surface area contributed by atoms with Crippen LogP contribution >= 0.6 is 0 Å². The molecule has 9 heavy (non-hydrogen) atoms. The molecule has 0 amide bonds. The van der Waals surface area contributed by atoms with Crippen LogP contribution in [-0.2, 0) is 0 Å². The average Bonchev–Trinajstić information content (AvgIpc) is 1.91. The number of pyridine rings is 1. The zero-order chi connectivity index (χ0) is 6.53. The lowest BCUT2D eigenvalue weighted by Gasteiger charge is -1.86. The van der Waals surface area contributed by atoms with Crippen molar-refractivity contribution in [3.05, 3.63) is 36.2 Å². The highest BCUT2D eigenvalue weighted by Gasteiger charge is 1.78. The summed E-state index contributed by atoms with van der Waals surface area (Å²) in [5, 5.41) is 0. The van der Waals surface area contributed by atoms with Crippen molar-refractivity contribution in [2.24, 2.45) is 0 Å². The van der Waals surface area contributed by atoms with Gasteiger partial charge >= 0.3 is 0 Å². The van der Waals surface area contributed by atoms with Gasteiger partial charge in [-0.3, -0.25) is 4.98 Å². The van der Waals surface area contributed by atoms with Gasteiger partial charge in [0.2, 0.25) is 0 Å². The molecule has 1 heterocycles. The summed E-state index contributed by atoms with van der Waals surface area (Å²) < 4.78 is 0. The number of hydrogen-bond acceptors (Lipinski definition) is 1. The Morgan fingerprint density at radius 2 is 2.44 bits per heavy atom. The predicted octanol–water partition coefficient (Wildman–Crippen LogP) is 2.11. The lowest BCUT2D eigenvalue weighted by atomic mass is 10.3. The van der Waals surface area contributed by atoms with Gasteiger partial charge in [0.05, 0.1) is 0 Å². The van der Waals surface area contributed by atoms with E-state index < -0.39 is 0 Å². The Hall–Kier alpha value is -1.11. The van der Waals surface area contributed by atoms with Crippen molar-refractivity contribution < 1.29 is 0 Å². The summed E-state index contributed by atoms with van der Waals surface area (Å²) in [5.41, 5.74) is 1.15. The van der Waals surface area contributed by atoms with Crippen LogP contribution in [0.4, 0.5) is 0 Å². The van der Waals surface area contributed by atoms with Crippen LogP contribution in [0.3, 0.4) is 0 Å². The maximum absolute atomic E-state index is 3.95. The van der Waals surface area contributed by atoms with Crippen LogP contribution in [0.2, 0.25) is 0 Å². The van der Waals surface area contributed by atoms with Crippen molar-refractivity contribution in [3.63, 3.8) is 0 Å². The Morgan fingerprint density at radius 1 is 1.56 bits per heavy atom. The van der Waals surface area contributed by atoms with E-state index in [0.29, 0.717) is 0 Å². The molecule has 0 N–H and O–H groups in total. The van der Waals surface area contributed by atoms with Crippen LogP contribution in [-0.4, -0.2) is 4.98 Å². The minimum Gasteiger partial charge on any atom is -0.264 e. The second-order valence-electron chi connectivity index (χ2n) is 1.79. The molecule has 0 saturated heterocycles. The Balaban J connectivity index is 2.85. The van der Waals surface area contributed by atoms with Gasteiger partial charge in [-0.2, -0.15) is 0 Å². The lowest BCUT2D eigenvalue weighted by molar-refractivity contribution is 1.32. The fourth-order valence-electron chi connectivity index (χ4n) is 0.667. The molecule has 0 atom stereocenters. The zero-order valence-electron chi connectivity index (χ0n) is 5.41. The summed E-state index contributed by atoms with van der Waals surface area (Å²) in [5.74, 6) is 0. The van der Waals surface area contributed by atoms with Crippen molar-refractivity contribution >= 4 is 6.08 Å². The molecule has 0 unspecified atom stereocenters. The van der Waals surface area contributed by atoms with Gasteiger partial charge in [-0.05, 0) is 18.6 Å². The molecule has 0 saturated carbocycles. The second kappa shape index (κ2) is 3.02. The molecule has 1 aromatic heterocycles. The molecule has 1 rings (SSSR count). The summed E-state index contributed by atoms with van der Waals surface area (Å²) in [6.45, 7) is 1.99. The topological polar surface area (TPSA) is 12.9 Å². The summed E-state index contributed by atoms with van der Waals surface area (Å²) in [7, 11) is 0. The molecule has 0 bridgehead atoms. The highest BCUT2D eigenvalue weighted by atomic mass is 14.6. The molecule has 0 aromatic carbocycles. The molecule has 1 aromatic rings. The van der Waals surface area contributed by atoms with E-state index in [-0.39, 0.29) is 0 Å². The van der Waals surface area contributed by atoms with Gasteiger partial charge in [0.25, 0.3) is 0 Å². The second-order valence-corrected chi connectivity index (χ2v) is 1.79. The molecule has 1 nitrogen and oxygen atoms in total. The first-order valence-corrected chi connectivity index (χ1v) is 2.96. The molecule has 0 aliphatic heterocycles. The Bertz CT molecular complexity index is 189. The first-order chi connectivity index (χ1) is 4.43. The van der Waals surface area contributed by atoms with Gasteiger partial charge in [0, 0.05) is 12.4 Å². The fourth-order valence-corrected chi connectivity index (χ4v) is 0.667. The summed E-state index contributed by atoms with van der Waals surface area (Å²) in [6.07, 6.45) is 7.62. The number of allylic oxidation sites excluding steroid dienone is 1. The van der Waals surface area contributed by atoms with Crippen LogP contribution in [0.15, 0.2) is 30.6 Å². The SMILES string of the molecule is CC=Cc1cccnc1. The third kappa shape index (κ3) is 1.68. The van der Waals surface area contributed by atoms with E-state index in [0.717, 1.165) is 5.56 Å². The number of nitrogens with zero attached hydrogens (tertiary/aromatic N) is 1. The fraction of sp³-hybridized carbons (Fsp3) is 0.125. The van der Waals surface area contributed by atoms with Crippen molar-refractivity contribution in [1.29, 1.82) is 0 Å². The smallest absolute Gasteiger partial charge is 0.0340 e. The molecule has 0 fully saturated rings. The van der Waals surface area contributed by atoms with Crippen LogP contribution in [0.5, 0.6) is 0 Å². The average molecular weight is 119 g/mol. The Morgan fingerprint density at radius 3 is 3.00 bits per heavy atom. The van der Waals surface area contributed by atoms with Crippen LogP contribution in [0, 0.1) is 0 Å².